The normalized spacial score (nSPS) is 11.2. The Kier molecular flexibility index (Phi) is 6.87. The van der Waals surface area contributed by atoms with E-state index in [9.17, 15) is 18.0 Å². The molecule has 2 N–H and O–H groups in total. The Hall–Kier alpha value is -2.51. The molecule has 0 saturated carbocycles. The van der Waals surface area contributed by atoms with Crippen molar-refractivity contribution in [2.24, 2.45) is 5.14 Å². The SMILES string of the molecule is CCCCc1ccc(C(=O)COC(=O)c2ccc(C)c(S(N)(=O)=O)c2)cc1. The molecule has 144 valence electrons. The molecule has 0 heterocycles. The standard InChI is InChI=1S/C20H23NO5S/c1-3-4-5-15-7-10-16(11-8-15)18(22)13-26-20(23)17-9-6-14(2)19(12-17)27(21,24)25/h6-12H,3-5,13H2,1-2H3,(H2,21,24,25). The van der Waals surface area contributed by atoms with Crippen LogP contribution in [-0.2, 0) is 21.2 Å². The number of Topliss-reactive ketones (excluding diaryl/α,β-unsaturated/α-hetero) is 1. The van der Waals surface area contributed by atoms with Gasteiger partial charge in [-0.15, -0.1) is 0 Å². The van der Waals surface area contributed by atoms with E-state index < -0.39 is 22.6 Å². The first-order chi connectivity index (χ1) is 12.7. The summed E-state index contributed by atoms with van der Waals surface area (Å²) in [6.07, 6.45) is 3.14. The number of aryl methyl sites for hydroxylation is 2. The van der Waals surface area contributed by atoms with Crippen LogP contribution in [0.25, 0.3) is 0 Å². The first kappa shape index (κ1) is 20.8. The highest BCUT2D eigenvalue weighted by molar-refractivity contribution is 7.89. The van der Waals surface area contributed by atoms with Crippen molar-refractivity contribution in [3.8, 4) is 0 Å². The number of benzene rings is 2. The summed E-state index contributed by atoms with van der Waals surface area (Å²) in [5.74, 6) is -1.11. The molecule has 0 unspecified atom stereocenters. The summed E-state index contributed by atoms with van der Waals surface area (Å²) in [5, 5.41) is 5.13. The zero-order valence-electron chi connectivity index (χ0n) is 15.4. The second kappa shape index (κ2) is 8.92. The number of unbranched alkanes of at least 4 members (excludes halogenated alkanes) is 1. The summed E-state index contributed by atoms with van der Waals surface area (Å²) in [6, 6.07) is 11.3. The number of hydrogen-bond donors (Lipinski definition) is 1. The topological polar surface area (TPSA) is 104 Å². The molecule has 0 aromatic heterocycles. The van der Waals surface area contributed by atoms with Gasteiger partial charge in [-0.05, 0) is 43.0 Å². The Labute approximate surface area is 159 Å². The molecule has 7 heteroatoms. The number of carbonyl (C=O) groups excluding carboxylic acids is 2. The minimum Gasteiger partial charge on any atom is -0.454 e. The van der Waals surface area contributed by atoms with Crippen LogP contribution in [0.2, 0.25) is 0 Å². The maximum Gasteiger partial charge on any atom is 0.338 e. The molecule has 2 aromatic carbocycles. The smallest absolute Gasteiger partial charge is 0.338 e. The quantitative estimate of drug-likeness (QED) is 0.552. The third-order valence-corrected chi connectivity index (χ3v) is 5.21. The first-order valence-corrected chi connectivity index (χ1v) is 10.2. The number of ketones is 1. The van der Waals surface area contributed by atoms with Gasteiger partial charge in [-0.25, -0.2) is 18.4 Å². The molecular formula is C20H23NO5S. The van der Waals surface area contributed by atoms with Crippen LogP contribution in [0.1, 0.15) is 51.6 Å². The molecule has 0 aliphatic carbocycles. The van der Waals surface area contributed by atoms with Gasteiger partial charge in [-0.1, -0.05) is 43.7 Å². The number of nitrogens with two attached hydrogens (primary N) is 1. The summed E-state index contributed by atoms with van der Waals surface area (Å²) >= 11 is 0. The van der Waals surface area contributed by atoms with E-state index in [1.807, 2.05) is 12.1 Å². The Morgan fingerprint density at radius 3 is 2.26 bits per heavy atom. The van der Waals surface area contributed by atoms with Gasteiger partial charge in [0.15, 0.2) is 12.4 Å². The van der Waals surface area contributed by atoms with Crippen molar-refractivity contribution in [1.82, 2.24) is 0 Å². The van der Waals surface area contributed by atoms with Crippen molar-refractivity contribution in [1.29, 1.82) is 0 Å². The second-order valence-electron chi connectivity index (χ2n) is 6.33. The molecule has 6 nitrogen and oxygen atoms in total. The minimum absolute atomic E-state index is 0.0207. The summed E-state index contributed by atoms with van der Waals surface area (Å²) in [4.78, 5) is 24.2. The molecule has 0 radical (unpaired) electrons. The predicted molar refractivity (Wildman–Crippen MR) is 102 cm³/mol. The molecule has 0 saturated heterocycles. The zero-order chi connectivity index (χ0) is 20.0. The summed E-state index contributed by atoms with van der Waals surface area (Å²) in [7, 11) is -3.95. The van der Waals surface area contributed by atoms with E-state index in [1.165, 1.54) is 12.1 Å². The molecular weight excluding hydrogens is 366 g/mol. The van der Waals surface area contributed by atoms with Gasteiger partial charge in [0.1, 0.15) is 0 Å². The van der Waals surface area contributed by atoms with E-state index >= 15 is 0 Å². The van der Waals surface area contributed by atoms with Crippen LogP contribution in [0.4, 0.5) is 0 Å². The molecule has 2 rings (SSSR count). The fourth-order valence-corrected chi connectivity index (χ4v) is 3.38. The molecule has 0 atom stereocenters. The van der Waals surface area contributed by atoms with Gasteiger partial charge in [0.25, 0.3) is 0 Å². The van der Waals surface area contributed by atoms with Crippen molar-refractivity contribution < 1.29 is 22.7 Å². The monoisotopic (exact) mass is 389 g/mol. The van der Waals surface area contributed by atoms with E-state index in [0.29, 0.717) is 11.1 Å². The molecule has 0 amide bonds. The number of hydrogen-bond acceptors (Lipinski definition) is 5. The lowest BCUT2D eigenvalue weighted by atomic mass is 10.0. The number of esters is 1. The highest BCUT2D eigenvalue weighted by Crippen LogP contribution is 2.16. The first-order valence-electron chi connectivity index (χ1n) is 8.65. The van der Waals surface area contributed by atoms with E-state index in [4.69, 9.17) is 9.88 Å². The largest absolute Gasteiger partial charge is 0.454 e. The van der Waals surface area contributed by atoms with Crippen LogP contribution in [-0.4, -0.2) is 26.8 Å². The summed E-state index contributed by atoms with van der Waals surface area (Å²) in [6.45, 7) is 3.26. The average Bonchev–Trinajstić information content (AvgIpc) is 2.64. The maximum atomic E-state index is 12.2. The van der Waals surface area contributed by atoms with Crippen molar-refractivity contribution in [2.45, 2.75) is 38.0 Å². The van der Waals surface area contributed by atoms with Crippen molar-refractivity contribution in [2.75, 3.05) is 6.61 Å². The van der Waals surface area contributed by atoms with Crippen LogP contribution >= 0.6 is 0 Å². The van der Waals surface area contributed by atoms with Gasteiger partial charge in [-0.2, -0.15) is 0 Å². The van der Waals surface area contributed by atoms with E-state index in [1.54, 1.807) is 19.1 Å². The lowest BCUT2D eigenvalue weighted by Gasteiger charge is -2.08. The third kappa shape index (κ3) is 5.74. The van der Waals surface area contributed by atoms with E-state index in [2.05, 4.69) is 6.92 Å². The Balaban J connectivity index is 2.02. The highest BCUT2D eigenvalue weighted by atomic mass is 32.2. The number of ether oxygens (including phenoxy) is 1. The van der Waals surface area contributed by atoms with Gasteiger partial charge in [-0.3, -0.25) is 4.79 Å². The van der Waals surface area contributed by atoms with Crippen LogP contribution in [0.5, 0.6) is 0 Å². The average molecular weight is 389 g/mol. The third-order valence-electron chi connectivity index (χ3n) is 4.16. The second-order valence-corrected chi connectivity index (χ2v) is 7.85. The number of carbonyl (C=O) groups is 2. The van der Waals surface area contributed by atoms with Crippen molar-refractivity contribution in [3.05, 3.63) is 64.7 Å². The Morgan fingerprint density at radius 1 is 1.04 bits per heavy atom. The predicted octanol–water partition coefficient (Wildman–Crippen LogP) is 3.02. The summed E-state index contributed by atoms with van der Waals surface area (Å²) < 4.78 is 28.1. The fourth-order valence-electron chi connectivity index (χ4n) is 2.57. The number of sulfonamides is 1. The minimum atomic E-state index is -3.95. The molecule has 0 spiro atoms. The van der Waals surface area contributed by atoms with Gasteiger partial charge in [0.05, 0.1) is 10.5 Å². The van der Waals surface area contributed by atoms with Gasteiger partial charge in [0.2, 0.25) is 10.0 Å². The molecule has 0 fully saturated rings. The molecule has 2 aromatic rings. The number of primary sulfonamides is 1. The van der Waals surface area contributed by atoms with E-state index in [-0.39, 0.29) is 16.2 Å². The van der Waals surface area contributed by atoms with Crippen LogP contribution in [0.15, 0.2) is 47.4 Å². The highest BCUT2D eigenvalue weighted by Gasteiger charge is 2.17. The zero-order valence-corrected chi connectivity index (χ0v) is 16.2. The molecule has 0 bridgehead atoms. The lowest BCUT2D eigenvalue weighted by molar-refractivity contribution is 0.0474. The molecule has 27 heavy (non-hydrogen) atoms. The van der Waals surface area contributed by atoms with Crippen LogP contribution < -0.4 is 5.14 Å². The van der Waals surface area contributed by atoms with Gasteiger partial charge in [0, 0.05) is 5.56 Å². The summed E-state index contributed by atoms with van der Waals surface area (Å²) in [5.41, 5.74) is 2.05. The Morgan fingerprint density at radius 2 is 1.67 bits per heavy atom. The number of rotatable bonds is 8. The van der Waals surface area contributed by atoms with Crippen molar-refractivity contribution >= 4 is 21.8 Å². The van der Waals surface area contributed by atoms with Gasteiger partial charge >= 0.3 is 5.97 Å². The Bertz CT molecular complexity index is 933. The van der Waals surface area contributed by atoms with Gasteiger partial charge < -0.3 is 4.74 Å². The molecule has 0 aliphatic heterocycles. The van der Waals surface area contributed by atoms with Crippen molar-refractivity contribution in [3.63, 3.8) is 0 Å². The van der Waals surface area contributed by atoms with E-state index in [0.717, 1.165) is 30.9 Å². The van der Waals surface area contributed by atoms with Crippen LogP contribution in [0.3, 0.4) is 0 Å². The molecule has 0 aliphatic rings. The maximum absolute atomic E-state index is 12.2. The lowest BCUT2D eigenvalue weighted by Crippen LogP contribution is -2.17. The fraction of sp³-hybridized carbons (Fsp3) is 0.300. The van der Waals surface area contributed by atoms with Crippen LogP contribution in [0, 0.1) is 6.92 Å².